The highest BCUT2D eigenvalue weighted by molar-refractivity contribution is 5.76. The summed E-state index contributed by atoms with van der Waals surface area (Å²) in [7, 11) is 0. The average Bonchev–Trinajstić information content (AvgIpc) is 2.93. The minimum absolute atomic E-state index is 0.328. The Hall–Kier alpha value is -0.570. The van der Waals surface area contributed by atoms with E-state index < -0.39 is 17.0 Å². The van der Waals surface area contributed by atoms with E-state index in [4.69, 9.17) is 0 Å². The smallest absolute Gasteiger partial charge is 0.310 e. The highest BCUT2D eigenvalue weighted by Crippen LogP contribution is 2.60. The van der Waals surface area contributed by atoms with E-state index in [-0.39, 0.29) is 0 Å². The molecule has 3 atom stereocenters. The zero-order valence-electron chi connectivity index (χ0n) is 10.3. The summed E-state index contributed by atoms with van der Waals surface area (Å²) in [5.74, 6) is 0.292. The van der Waals surface area contributed by atoms with Crippen molar-refractivity contribution in [1.29, 1.82) is 0 Å². The number of aliphatic carboxylic acids is 1. The lowest BCUT2D eigenvalue weighted by Gasteiger charge is -2.39. The van der Waals surface area contributed by atoms with Crippen LogP contribution < -0.4 is 0 Å². The van der Waals surface area contributed by atoms with Crippen molar-refractivity contribution in [2.75, 3.05) is 0 Å². The zero-order chi connectivity index (χ0) is 12.1. The Bertz CT molecular complexity index is 332. The molecular weight excluding hydrogens is 216 g/mol. The van der Waals surface area contributed by atoms with Crippen molar-refractivity contribution in [3.05, 3.63) is 0 Å². The molecule has 17 heavy (non-hydrogen) atoms. The van der Waals surface area contributed by atoms with E-state index in [1.807, 2.05) is 0 Å². The van der Waals surface area contributed by atoms with Gasteiger partial charge in [-0.25, -0.2) is 0 Å². The molecule has 0 spiro atoms. The van der Waals surface area contributed by atoms with Crippen LogP contribution in [0.5, 0.6) is 0 Å². The largest absolute Gasteiger partial charge is 0.481 e. The Morgan fingerprint density at radius 2 is 1.94 bits per heavy atom. The molecule has 3 heteroatoms. The fourth-order valence-electron chi connectivity index (χ4n) is 4.80. The molecule has 3 unspecified atom stereocenters. The van der Waals surface area contributed by atoms with Crippen LogP contribution in [0.25, 0.3) is 0 Å². The second-order valence-corrected chi connectivity index (χ2v) is 6.65. The summed E-state index contributed by atoms with van der Waals surface area (Å²) in [5, 5.41) is 20.2. The van der Waals surface area contributed by atoms with E-state index in [1.165, 1.54) is 6.42 Å². The van der Waals surface area contributed by atoms with Crippen molar-refractivity contribution in [2.45, 2.75) is 63.4 Å². The van der Waals surface area contributed by atoms with Gasteiger partial charge in [0.1, 0.15) is 0 Å². The van der Waals surface area contributed by atoms with Gasteiger partial charge in [0.05, 0.1) is 11.0 Å². The third kappa shape index (κ3) is 1.70. The first-order valence-electron chi connectivity index (χ1n) is 7.00. The molecule has 3 fully saturated rings. The van der Waals surface area contributed by atoms with Crippen LogP contribution >= 0.6 is 0 Å². The monoisotopic (exact) mass is 238 g/mol. The van der Waals surface area contributed by atoms with Crippen molar-refractivity contribution in [3.63, 3.8) is 0 Å². The molecule has 3 aliphatic carbocycles. The van der Waals surface area contributed by atoms with Crippen LogP contribution in [0.4, 0.5) is 0 Å². The van der Waals surface area contributed by atoms with Gasteiger partial charge < -0.3 is 10.2 Å². The molecule has 0 amide bonds. The molecule has 3 nitrogen and oxygen atoms in total. The maximum absolute atomic E-state index is 11.7. The number of carbonyl (C=O) groups is 1. The molecule has 0 saturated heterocycles. The van der Waals surface area contributed by atoms with Gasteiger partial charge in [-0.2, -0.15) is 0 Å². The predicted molar refractivity (Wildman–Crippen MR) is 63.6 cm³/mol. The van der Waals surface area contributed by atoms with Gasteiger partial charge in [0.2, 0.25) is 0 Å². The van der Waals surface area contributed by atoms with E-state index >= 15 is 0 Å². The van der Waals surface area contributed by atoms with Crippen LogP contribution in [-0.4, -0.2) is 21.8 Å². The highest BCUT2D eigenvalue weighted by atomic mass is 16.4. The Balaban J connectivity index is 1.83. The number of carboxylic acids is 1. The maximum Gasteiger partial charge on any atom is 0.310 e. The van der Waals surface area contributed by atoms with Gasteiger partial charge in [-0.05, 0) is 50.4 Å². The first-order chi connectivity index (χ1) is 8.04. The average molecular weight is 238 g/mol. The van der Waals surface area contributed by atoms with Crippen LogP contribution in [-0.2, 0) is 4.79 Å². The lowest BCUT2D eigenvalue weighted by Crippen LogP contribution is -2.43. The molecule has 0 heterocycles. The van der Waals surface area contributed by atoms with Gasteiger partial charge in [0, 0.05) is 0 Å². The number of rotatable bonds is 3. The summed E-state index contributed by atoms with van der Waals surface area (Å²) in [6.45, 7) is 0. The van der Waals surface area contributed by atoms with Crippen LogP contribution in [0.2, 0.25) is 0 Å². The van der Waals surface area contributed by atoms with Crippen molar-refractivity contribution >= 4 is 5.97 Å². The van der Waals surface area contributed by atoms with Gasteiger partial charge in [-0.15, -0.1) is 0 Å². The lowest BCUT2D eigenvalue weighted by molar-refractivity contribution is -0.158. The van der Waals surface area contributed by atoms with Crippen LogP contribution in [0.15, 0.2) is 0 Å². The molecule has 3 rings (SSSR count). The molecule has 0 aromatic rings. The molecule has 2 N–H and O–H groups in total. The lowest BCUT2D eigenvalue weighted by atomic mass is 9.66. The van der Waals surface area contributed by atoms with Crippen LogP contribution in [0, 0.1) is 17.3 Å². The predicted octanol–water partition coefficient (Wildman–Crippen LogP) is 2.57. The Morgan fingerprint density at radius 1 is 1.24 bits per heavy atom. The summed E-state index contributed by atoms with van der Waals surface area (Å²) in [6.07, 6.45) is 8.40. The van der Waals surface area contributed by atoms with Gasteiger partial charge in [0.25, 0.3) is 0 Å². The van der Waals surface area contributed by atoms with E-state index in [0.717, 1.165) is 44.9 Å². The Kier molecular flexibility index (Phi) is 2.51. The summed E-state index contributed by atoms with van der Waals surface area (Å²) in [4.78, 5) is 11.7. The highest BCUT2D eigenvalue weighted by Gasteiger charge is 2.58. The molecule has 0 radical (unpaired) electrons. The quantitative estimate of drug-likeness (QED) is 0.794. The van der Waals surface area contributed by atoms with Crippen molar-refractivity contribution in [2.24, 2.45) is 17.3 Å². The van der Waals surface area contributed by atoms with Gasteiger partial charge in [-0.1, -0.05) is 19.3 Å². The van der Waals surface area contributed by atoms with E-state index in [9.17, 15) is 15.0 Å². The molecule has 0 aromatic carbocycles. The van der Waals surface area contributed by atoms with E-state index in [1.54, 1.807) is 0 Å². The number of aliphatic hydroxyl groups is 1. The zero-order valence-corrected chi connectivity index (χ0v) is 10.3. The fraction of sp³-hybridized carbons (Fsp3) is 0.929. The minimum Gasteiger partial charge on any atom is -0.481 e. The Morgan fingerprint density at radius 3 is 2.41 bits per heavy atom. The van der Waals surface area contributed by atoms with Gasteiger partial charge in [0.15, 0.2) is 0 Å². The second kappa shape index (κ2) is 3.71. The van der Waals surface area contributed by atoms with Crippen molar-refractivity contribution < 1.29 is 15.0 Å². The first-order valence-corrected chi connectivity index (χ1v) is 7.00. The first kappa shape index (κ1) is 11.5. The second-order valence-electron chi connectivity index (χ2n) is 6.65. The maximum atomic E-state index is 11.7. The normalized spacial score (nSPS) is 43.1. The van der Waals surface area contributed by atoms with Gasteiger partial charge in [-0.3, -0.25) is 4.79 Å². The number of hydrogen-bond acceptors (Lipinski definition) is 2. The van der Waals surface area contributed by atoms with Gasteiger partial charge >= 0.3 is 5.97 Å². The summed E-state index contributed by atoms with van der Waals surface area (Å²) in [6, 6.07) is 0. The van der Waals surface area contributed by atoms with Crippen molar-refractivity contribution in [3.8, 4) is 0 Å². The number of carboxylic acid groups (broad SMARTS) is 1. The standard InChI is InChI=1S/C14H22O3/c15-12(16)14(8-10-3-4-11(14)7-10)9-13(17)5-1-2-6-13/h10-11,17H,1-9H2,(H,15,16). The molecular formula is C14H22O3. The molecule has 0 aliphatic heterocycles. The number of fused-ring (bicyclic) bond motifs is 2. The third-order valence-corrected chi connectivity index (χ3v) is 5.58. The molecule has 96 valence electrons. The topological polar surface area (TPSA) is 57.5 Å². The molecule has 3 saturated carbocycles. The summed E-state index contributed by atoms with van der Waals surface area (Å²) < 4.78 is 0. The fourth-order valence-corrected chi connectivity index (χ4v) is 4.80. The molecule has 2 bridgehead atoms. The van der Waals surface area contributed by atoms with Crippen molar-refractivity contribution in [1.82, 2.24) is 0 Å². The third-order valence-electron chi connectivity index (χ3n) is 5.58. The van der Waals surface area contributed by atoms with E-state index in [2.05, 4.69) is 0 Å². The van der Waals surface area contributed by atoms with E-state index in [0.29, 0.717) is 18.3 Å². The minimum atomic E-state index is -0.678. The molecule has 3 aliphatic rings. The summed E-state index contributed by atoms with van der Waals surface area (Å²) >= 11 is 0. The SMILES string of the molecule is O=C(O)C1(CC2(O)CCCC2)CC2CCC1C2. The molecule has 0 aromatic heterocycles. The number of hydrogen-bond donors (Lipinski definition) is 2. The van der Waals surface area contributed by atoms with Crippen LogP contribution in [0.3, 0.4) is 0 Å². The Labute approximate surface area is 102 Å². The van der Waals surface area contributed by atoms with Crippen LogP contribution in [0.1, 0.15) is 57.8 Å². The summed E-state index contributed by atoms with van der Waals surface area (Å²) in [5.41, 5.74) is -1.27.